The van der Waals surface area contributed by atoms with Crippen molar-refractivity contribution in [3.05, 3.63) is 0 Å². The predicted molar refractivity (Wildman–Crippen MR) is 39.1 cm³/mol. The second-order valence-electron chi connectivity index (χ2n) is 1.49. The molecule has 62 valence electrons. The first-order valence-electron chi connectivity index (χ1n) is 2.56. The Hall–Kier alpha value is -1.21. The Morgan fingerprint density at radius 3 is 2.91 bits per heavy atom. The fraction of sp³-hybridized carbons (Fsp3) is 0.333. The Morgan fingerprint density at radius 2 is 2.45 bits per heavy atom. The summed E-state index contributed by atoms with van der Waals surface area (Å²) in [4.78, 5) is 10.5. The Kier molecular flexibility index (Phi) is 4.08. The van der Waals surface area contributed by atoms with Crippen molar-refractivity contribution in [1.82, 2.24) is 20.6 Å². The quantitative estimate of drug-likeness (QED) is 0.512. The van der Waals surface area contributed by atoms with Crippen LogP contribution in [0.1, 0.15) is 0 Å². The second kappa shape index (κ2) is 4.58. The van der Waals surface area contributed by atoms with Crippen molar-refractivity contribution in [1.29, 1.82) is 0 Å². The van der Waals surface area contributed by atoms with Gasteiger partial charge in [-0.15, -0.1) is 17.5 Å². The van der Waals surface area contributed by atoms with Crippen LogP contribution in [0.3, 0.4) is 0 Å². The van der Waals surface area contributed by atoms with Crippen LogP contribution in [0.2, 0.25) is 0 Å². The fourth-order valence-corrected chi connectivity index (χ4v) is 0.390. The predicted octanol–water partition coefficient (Wildman–Crippen LogP) is -1.48. The number of carbonyl (C=O) groups excluding carboxylic acids is 1. The third kappa shape index (κ3) is 2.92. The summed E-state index contributed by atoms with van der Waals surface area (Å²) in [6.07, 6.45) is 0. The van der Waals surface area contributed by atoms with Gasteiger partial charge in [0.05, 0.1) is 6.54 Å². The number of nitrogens with zero attached hydrogens (tertiary/aromatic N) is 3. The van der Waals surface area contributed by atoms with Crippen LogP contribution in [0.5, 0.6) is 0 Å². The molecule has 0 fully saturated rings. The number of nitrogens with two attached hydrogens (primary N) is 1. The Bertz CT molecular complexity index is 210. The Balaban J connectivity index is 0.000001000. The first kappa shape index (κ1) is 9.79. The summed E-state index contributed by atoms with van der Waals surface area (Å²) >= 11 is 0. The first-order chi connectivity index (χ1) is 4.83. The van der Waals surface area contributed by atoms with E-state index in [1.165, 1.54) is 0 Å². The summed E-state index contributed by atoms with van der Waals surface area (Å²) in [5.74, 6) is -0.211. The summed E-state index contributed by atoms with van der Waals surface area (Å²) in [6, 6.07) is 0. The number of hydrogen-bond donors (Lipinski definition) is 3. The van der Waals surface area contributed by atoms with Crippen LogP contribution in [-0.4, -0.2) is 33.1 Å². The normalized spacial score (nSPS) is 8.45. The molecule has 7 nitrogen and oxygen atoms in total. The monoisotopic (exact) mass is 178 g/mol. The SMILES string of the molecule is Cl.NCC(=O)Nc1nn[nH]n1. The number of rotatable bonds is 2. The molecule has 0 spiro atoms. The average Bonchev–Trinajstić information content (AvgIpc) is 2.40. The van der Waals surface area contributed by atoms with E-state index in [0.717, 1.165) is 0 Å². The average molecular weight is 179 g/mol. The van der Waals surface area contributed by atoms with E-state index in [1.54, 1.807) is 0 Å². The molecule has 1 heterocycles. The number of tetrazole rings is 1. The maximum Gasteiger partial charge on any atom is 0.269 e. The zero-order valence-corrected chi connectivity index (χ0v) is 6.26. The highest BCUT2D eigenvalue weighted by molar-refractivity contribution is 5.90. The van der Waals surface area contributed by atoms with Gasteiger partial charge in [0, 0.05) is 0 Å². The molecule has 8 heteroatoms. The third-order valence-electron chi connectivity index (χ3n) is 0.782. The molecule has 0 aliphatic carbocycles. The summed E-state index contributed by atoms with van der Waals surface area (Å²) < 4.78 is 0. The highest BCUT2D eigenvalue weighted by Crippen LogP contribution is 1.87. The lowest BCUT2D eigenvalue weighted by molar-refractivity contribution is -0.114. The molecule has 0 radical (unpaired) electrons. The number of nitrogens with one attached hydrogen (secondary N) is 2. The lowest BCUT2D eigenvalue weighted by Crippen LogP contribution is -2.22. The standard InChI is InChI=1S/C3H6N6O.ClH/c4-1-2(10)5-3-6-8-9-7-3;/h1,4H2,(H2,5,6,7,8,9,10);1H. The largest absolute Gasteiger partial charge is 0.322 e. The van der Waals surface area contributed by atoms with E-state index in [-0.39, 0.29) is 30.8 Å². The molecule has 0 unspecified atom stereocenters. The summed E-state index contributed by atoms with van der Waals surface area (Å²) in [5, 5.41) is 14.6. The molecule has 4 N–H and O–H groups in total. The van der Waals surface area contributed by atoms with Gasteiger partial charge < -0.3 is 5.73 Å². The fourth-order valence-electron chi connectivity index (χ4n) is 0.390. The van der Waals surface area contributed by atoms with E-state index in [2.05, 4.69) is 25.9 Å². The van der Waals surface area contributed by atoms with Crippen molar-refractivity contribution in [3.63, 3.8) is 0 Å². The molecule has 0 bridgehead atoms. The van der Waals surface area contributed by atoms with E-state index < -0.39 is 0 Å². The molecular formula is C3H7ClN6O. The molecule has 1 amide bonds. The van der Waals surface area contributed by atoms with Gasteiger partial charge in [-0.3, -0.25) is 10.1 Å². The molecule has 1 aromatic rings. The lowest BCUT2D eigenvalue weighted by atomic mass is 10.6. The maximum absolute atomic E-state index is 10.5. The Morgan fingerprint density at radius 1 is 1.73 bits per heavy atom. The van der Waals surface area contributed by atoms with Gasteiger partial charge in [0.1, 0.15) is 0 Å². The van der Waals surface area contributed by atoms with Gasteiger partial charge in [-0.25, -0.2) is 0 Å². The molecule has 1 rings (SSSR count). The molecule has 1 aromatic heterocycles. The molecule has 11 heavy (non-hydrogen) atoms. The number of amides is 1. The van der Waals surface area contributed by atoms with Crippen LogP contribution in [0, 0.1) is 0 Å². The van der Waals surface area contributed by atoms with Gasteiger partial charge in [0.15, 0.2) is 0 Å². The Labute approximate surface area is 68.1 Å². The van der Waals surface area contributed by atoms with Gasteiger partial charge in [0.25, 0.3) is 5.95 Å². The minimum Gasteiger partial charge on any atom is -0.322 e. The number of aromatic nitrogens is 4. The van der Waals surface area contributed by atoms with Crippen LogP contribution in [0.25, 0.3) is 0 Å². The maximum atomic E-state index is 10.5. The number of aromatic amines is 1. The molecular weight excluding hydrogens is 172 g/mol. The van der Waals surface area contributed by atoms with Crippen LogP contribution in [0.4, 0.5) is 5.95 Å². The van der Waals surface area contributed by atoms with Crippen molar-refractivity contribution in [3.8, 4) is 0 Å². The highest BCUT2D eigenvalue weighted by atomic mass is 35.5. The topological polar surface area (TPSA) is 110 Å². The first-order valence-corrected chi connectivity index (χ1v) is 2.56. The molecule has 0 aliphatic rings. The summed E-state index contributed by atoms with van der Waals surface area (Å²) in [7, 11) is 0. The van der Waals surface area contributed by atoms with Gasteiger partial charge in [-0.1, -0.05) is 5.10 Å². The van der Waals surface area contributed by atoms with Crippen LogP contribution in [-0.2, 0) is 4.79 Å². The van der Waals surface area contributed by atoms with Crippen molar-refractivity contribution in [2.45, 2.75) is 0 Å². The van der Waals surface area contributed by atoms with E-state index in [0.29, 0.717) is 0 Å². The molecule has 0 saturated heterocycles. The van der Waals surface area contributed by atoms with E-state index >= 15 is 0 Å². The van der Waals surface area contributed by atoms with E-state index in [4.69, 9.17) is 5.73 Å². The van der Waals surface area contributed by atoms with Crippen molar-refractivity contribution >= 4 is 24.3 Å². The molecule has 0 atom stereocenters. The number of carbonyl (C=O) groups is 1. The number of H-pyrrole nitrogens is 1. The van der Waals surface area contributed by atoms with Crippen molar-refractivity contribution in [2.24, 2.45) is 5.73 Å². The van der Waals surface area contributed by atoms with Gasteiger partial charge in [0.2, 0.25) is 5.91 Å². The zero-order chi connectivity index (χ0) is 7.40. The molecule has 0 aliphatic heterocycles. The minimum atomic E-state index is -0.346. The van der Waals surface area contributed by atoms with Crippen molar-refractivity contribution in [2.75, 3.05) is 11.9 Å². The second-order valence-corrected chi connectivity index (χ2v) is 1.49. The zero-order valence-electron chi connectivity index (χ0n) is 5.44. The summed E-state index contributed by atoms with van der Waals surface area (Å²) in [6.45, 7) is -0.0888. The van der Waals surface area contributed by atoms with Crippen LogP contribution < -0.4 is 11.1 Å². The third-order valence-corrected chi connectivity index (χ3v) is 0.782. The van der Waals surface area contributed by atoms with Gasteiger partial charge in [-0.05, 0) is 5.21 Å². The summed E-state index contributed by atoms with van der Waals surface area (Å²) in [5.41, 5.74) is 4.99. The van der Waals surface area contributed by atoms with E-state index in [9.17, 15) is 4.79 Å². The smallest absolute Gasteiger partial charge is 0.269 e. The van der Waals surface area contributed by atoms with E-state index in [1.807, 2.05) is 0 Å². The molecule has 0 aromatic carbocycles. The molecule has 0 saturated carbocycles. The van der Waals surface area contributed by atoms with Gasteiger partial charge in [-0.2, -0.15) is 5.21 Å². The minimum absolute atomic E-state index is 0. The van der Waals surface area contributed by atoms with Crippen LogP contribution >= 0.6 is 12.4 Å². The number of anilines is 1. The number of halogens is 1. The highest BCUT2D eigenvalue weighted by Gasteiger charge is 2.00. The van der Waals surface area contributed by atoms with Gasteiger partial charge >= 0.3 is 0 Å². The van der Waals surface area contributed by atoms with Crippen LogP contribution in [0.15, 0.2) is 0 Å². The lowest BCUT2D eigenvalue weighted by Gasteiger charge is -1.92. The van der Waals surface area contributed by atoms with Crippen molar-refractivity contribution < 1.29 is 4.79 Å². The number of hydrogen-bond acceptors (Lipinski definition) is 5.